The van der Waals surface area contributed by atoms with Crippen LogP contribution >= 0.6 is 23.2 Å². The number of likely N-dealkylation sites (tertiary alicyclic amines) is 1. The number of anilines is 2. The maximum absolute atomic E-state index is 15.7. The molecule has 23 heteroatoms. The van der Waals surface area contributed by atoms with E-state index in [0.29, 0.717) is 66.4 Å². The molecule has 4 atom stereocenters. The Morgan fingerprint density at radius 1 is 0.787 bits per heavy atom. The fourth-order valence-corrected chi connectivity index (χ4v) is 15.4. The molecule has 0 spiro atoms. The fourth-order valence-electron chi connectivity index (χ4n) is 13.1. The second-order valence-corrected chi connectivity index (χ2v) is 28.8. The summed E-state index contributed by atoms with van der Waals surface area (Å²) in [7, 11) is -4.02. The van der Waals surface area contributed by atoms with Gasteiger partial charge in [0.15, 0.2) is 11.5 Å². The quantitative estimate of drug-likeness (QED) is 0.0455. The summed E-state index contributed by atoms with van der Waals surface area (Å²) in [6.45, 7) is 9.70. The molecular formula is C66H82Cl2FN11O8S. The summed E-state index contributed by atoms with van der Waals surface area (Å²) < 4.78 is 48.3. The van der Waals surface area contributed by atoms with Gasteiger partial charge in [0.05, 0.1) is 59.1 Å². The summed E-state index contributed by atoms with van der Waals surface area (Å²) in [5, 5.41) is 21.2. The number of unbranched alkanes of at least 4 members (excludes halogenated alkanes) is 8. The van der Waals surface area contributed by atoms with Crippen LogP contribution < -0.4 is 5.32 Å². The summed E-state index contributed by atoms with van der Waals surface area (Å²) in [5.74, 6) is -2.43. The first-order valence-corrected chi connectivity index (χ1v) is 33.8. The summed E-state index contributed by atoms with van der Waals surface area (Å²) >= 11 is 12.9. The highest BCUT2D eigenvalue weighted by Gasteiger charge is 2.55. The zero-order valence-corrected chi connectivity index (χ0v) is 53.6. The average Bonchev–Trinajstić information content (AvgIpc) is 1.81. The molecule has 476 valence electrons. The van der Waals surface area contributed by atoms with E-state index in [0.717, 1.165) is 98.7 Å². The zero-order valence-electron chi connectivity index (χ0n) is 51.3. The van der Waals surface area contributed by atoms with Crippen LogP contribution in [0.25, 0.3) is 16.9 Å². The Morgan fingerprint density at radius 2 is 1.40 bits per heavy atom. The molecular weight excluding hydrogens is 1200 g/mol. The van der Waals surface area contributed by atoms with Crippen molar-refractivity contribution in [3.63, 3.8) is 0 Å². The Hall–Kier alpha value is -6.94. The molecule has 3 saturated heterocycles. The van der Waals surface area contributed by atoms with Gasteiger partial charge in [0.25, 0.3) is 5.91 Å². The number of aliphatic carboxylic acids is 1. The highest BCUT2D eigenvalue weighted by atomic mass is 35.5. The largest absolute Gasteiger partial charge is 0.481 e. The Balaban J connectivity index is 0.614. The highest BCUT2D eigenvalue weighted by molar-refractivity contribution is 7.89. The maximum atomic E-state index is 15.7. The third-order valence-corrected chi connectivity index (χ3v) is 20.7. The lowest BCUT2D eigenvalue weighted by atomic mass is 9.66. The number of imidazole rings is 1. The molecule has 4 fully saturated rings. The van der Waals surface area contributed by atoms with Crippen LogP contribution in [-0.4, -0.2) is 156 Å². The van der Waals surface area contributed by atoms with Crippen molar-refractivity contribution >= 4 is 80.0 Å². The van der Waals surface area contributed by atoms with Gasteiger partial charge >= 0.3 is 5.97 Å². The van der Waals surface area contributed by atoms with E-state index in [1.54, 1.807) is 70.5 Å². The minimum atomic E-state index is -4.02. The van der Waals surface area contributed by atoms with Crippen molar-refractivity contribution in [2.75, 3.05) is 63.4 Å². The Morgan fingerprint density at radius 3 is 1.98 bits per heavy atom. The number of rotatable bonds is 25. The summed E-state index contributed by atoms with van der Waals surface area (Å²) in [5.41, 5.74) is 2.94. The molecule has 1 aliphatic carbocycles. The van der Waals surface area contributed by atoms with Gasteiger partial charge in [-0.15, -0.1) is 0 Å². The number of fused-ring (bicyclic) bond motifs is 1. The minimum Gasteiger partial charge on any atom is -0.481 e. The predicted molar refractivity (Wildman–Crippen MR) is 341 cm³/mol. The molecule has 0 bridgehead atoms. The smallest absolute Gasteiger partial charge is 0.304 e. The van der Waals surface area contributed by atoms with Crippen LogP contribution in [0.3, 0.4) is 0 Å². The van der Waals surface area contributed by atoms with Crippen molar-refractivity contribution in [2.45, 2.75) is 148 Å². The van der Waals surface area contributed by atoms with Crippen LogP contribution in [0, 0.1) is 16.6 Å². The molecule has 6 heterocycles. The number of aromatic nitrogens is 5. The molecule has 10 rings (SSSR count). The predicted octanol–water partition coefficient (Wildman–Crippen LogP) is 11.9. The normalized spacial score (nSPS) is 19.9. The molecule has 3 aromatic heterocycles. The van der Waals surface area contributed by atoms with Gasteiger partial charge in [-0.25, -0.2) is 22.8 Å². The van der Waals surface area contributed by atoms with Crippen LogP contribution in [0.4, 0.5) is 15.9 Å². The molecule has 4 amide bonds. The second-order valence-electron chi connectivity index (χ2n) is 25.9. The summed E-state index contributed by atoms with van der Waals surface area (Å²) in [4.78, 5) is 83.9. The lowest BCUT2D eigenvalue weighted by molar-refractivity contribution is -0.162. The van der Waals surface area contributed by atoms with Crippen molar-refractivity contribution in [1.29, 1.82) is 0 Å². The first kappa shape index (κ1) is 65.0. The molecule has 6 aromatic rings. The number of carboxylic acids is 1. The first-order valence-electron chi connectivity index (χ1n) is 31.4. The summed E-state index contributed by atoms with van der Waals surface area (Å²) in [6, 6.07) is 17.3. The molecule has 1 saturated carbocycles. The molecule has 19 nitrogen and oxygen atoms in total. The van der Waals surface area contributed by atoms with Gasteiger partial charge in [0.1, 0.15) is 5.82 Å². The van der Waals surface area contributed by atoms with Crippen LogP contribution in [0.5, 0.6) is 0 Å². The monoisotopic (exact) mass is 1280 g/mol. The molecule has 3 N–H and O–H groups in total. The number of carboxylic acid groups (broad SMARTS) is 1. The average molecular weight is 1280 g/mol. The second kappa shape index (κ2) is 28.1. The number of piperazine rings is 2. The standard InChI is InChI=1S/C66H82Cl2FN11O8S/c1-65(2,3)56(80-60(45-21-24-49(67)25-22-45)51(46-15-14-16-50(68)35-46)37-66(4,64(80)86)38-59(83)84)43-89(87,88)78-33-31-76(32-34-78)58(82)18-13-11-9-7-5-6-8-10-12-17-57(81)75-27-29-77(30-28-75)63(85)47-23-26-53(52(69)36-47)73-61-62-70-41-55(48-39-71-72-40-48)79(62)42-54(74-61)44-19-20-44/h14-16,21-26,35-36,39-42,44,51,56,60H,5-13,17-20,27-34,37-38,43H2,1-4H3,(H,71,72)(H,73,74)(H,83,84)/t51-,56-,60-,66-/m1/s1. The molecule has 0 radical (unpaired) electrons. The van der Waals surface area contributed by atoms with E-state index in [9.17, 15) is 32.7 Å². The molecule has 3 aromatic carbocycles. The van der Waals surface area contributed by atoms with E-state index in [4.69, 9.17) is 28.2 Å². The van der Waals surface area contributed by atoms with Gasteiger partial charge in [-0.2, -0.15) is 9.40 Å². The summed E-state index contributed by atoms with van der Waals surface area (Å²) in [6.07, 6.45) is 18.5. The van der Waals surface area contributed by atoms with E-state index in [-0.39, 0.29) is 61.6 Å². The van der Waals surface area contributed by atoms with Gasteiger partial charge in [0, 0.05) is 111 Å². The van der Waals surface area contributed by atoms with Crippen molar-refractivity contribution in [1.82, 2.24) is 48.5 Å². The fraction of sp³-hybridized carbons (Fsp3) is 0.515. The van der Waals surface area contributed by atoms with Crippen molar-refractivity contribution < 1.29 is 41.9 Å². The third kappa shape index (κ3) is 15.6. The maximum Gasteiger partial charge on any atom is 0.304 e. The van der Waals surface area contributed by atoms with Gasteiger partial charge in [-0.05, 0) is 91.1 Å². The number of piperidine rings is 1. The van der Waals surface area contributed by atoms with Gasteiger partial charge in [-0.1, -0.05) is 120 Å². The zero-order chi connectivity index (χ0) is 63.2. The van der Waals surface area contributed by atoms with Crippen LogP contribution in [0.2, 0.25) is 10.0 Å². The molecule has 0 unspecified atom stereocenters. The van der Waals surface area contributed by atoms with E-state index >= 15 is 9.18 Å². The molecule has 3 aliphatic heterocycles. The topological polar surface area (TPSA) is 227 Å². The van der Waals surface area contributed by atoms with Crippen LogP contribution in [-0.2, 0) is 29.2 Å². The molecule has 89 heavy (non-hydrogen) atoms. The van der Waals surface area contributed by atoms with E-state index < -0.39 is 68.7 Å². The van der Waals surface area contributed by atoms with Crippen LogP contribution in [0.15, 0.2) is 91.5 Å². The van der Waals surface area contributed by atoms with Gasteiger partial charge < -0.3 is 30.0 Å². The number of hydrogen-bond acceptors (Lipinski definition) is 11. The lowest BCUT2D eigenvalue weighted by Gasteiger charge is -2.54. The minimum absolute atomic E-state index is 0.00322. The first-order chi connectivity index (χ1) is 42.6. The third-order valence-electron chi connectivity index (χ3n) is 18.3. The number of nitrogens with one attached hydrogen (secondary N) is 2. The van der Waals surface area contributed by atoms with Crippen molar-refractivity contribution in [3.05, 3.63) is 130 Å². The number of carbonyl (C=O) groups excluding carboxylic acids is 4. The number of H-pyrrole nitrogens is 1. The Bertz CT molecular complexity index is 3620. The number of amides is 4. The van der Waals surface area contributed by atoms with Crippen LogP contribution in [0.1, 0.15) is 169 Å². The van der Waals surface area contributed by atoms with E-state index in [1.165, 1.54) is 10.4 Å². The number of hydrogen-bond donors (Lipinski definition) is 3. The number of carbonyl (C=O) groups is 5. The number of aromatic amines is 1. The number of benzene rings is 3. The number of nitrogens with zero attached hydrogens (tertiary/aromatic N) is 9. The number of halogens is 3. The number of sulfonamides is 1. The van der Waals surface area contributed by atoms with Gasteiger partial charge in [-0.3, -0.25) is 33.5 Å². The highest BCUT2D eigenvalue weighted by Crippen LogP contribution is 2.54. The van der Waals surface area contributed by atoms with Gasteiger partial charge in [0.2, 0.25) is 27.7 Å². The Kier molecular flexibility index (Phi) is 20.5. The van der Waals surface area contributed by atoms with E-state index in [1.807, 2.05) is 66.6 Å². The van der Waals surface area contributed by atoms with Crippen molar-refractivity contribution in [2.24, 2.45) is 10.8 Å². The van der Waals surface area contributed by atoms with Crippen molar-refractivity contribution in [3.8, 4) is 11.3 Å². The SMILES string of the molecule is CC(C)(C)[C@@H](CS(=O)(=O)N1CCN(C(=O)CCCCCCCCCCCC(=O)N2CCN(C(=O)c3ccc(Nc4nc(C5CC5)cn5c(-c6cn[nH]c6)cnc45)c(F)c3)CC2)CC1)N1C(=O)[C@@](C)(CC(=O)O)C[C@H](c2cccc(Cl)c2)[C@H]1c1ccc(Cl)cc1. The molecule has 4 aliphatic rings. The lowest BCUT2D eigenvalue weighted by Crippen LogP contribution is -2.61. The van der Waals surface area contributed by atoms with E-state index in [2.05, 4.69) is 20.5 Å². The Labute approximate surface area is 530 Å².